The minimum absolute atomic E-state index is 0.230. The van der Waals surface area contributed by atoms with Gasteiger partial charge in [0.2, 0.25) is 0 Å². The number of anilines is 1. The maximum absolute atomic E-state index is 12.1. The van der Waals surface area contributed by atoms with Crippen molar-refractivity contribution in [1.82, 2.24) is 0 Å². The van der Waals surface area contributed by atoms with Gasteiger partial charge in [0, 0.05) is 16.8 Å². The van der Waals surface area contributed by atoms with Crippen molar-refractivity contribution in [3.8, 4) is 11.8 Å². The van der Waals surface area contributed by atoms with Crippen molar-refractivity contribution in [3.63, 3.8) is 0 Å². The van der Waals surface area contributed by atoms with Crippen LogP contribution in [-0.4, -0.2) is 17.6 Å². The third-order valence-corrected chi connectivity index (χ3v) is 3.16. The quantitative estimate of drug-likeness (QED) is 0.836. The number of carbonyl (C=O) groups is 1. The number of carbonyl (C=O) groups excluding carboxylic acids is 1. The molecule has 1 amide bonds. The standard InChI is InChI=1S/C17H14ClNO2/c1-12-4-8-15(9-5-12)19-17(21)14-7-6-13(3-2-10-20)16(18)11-14/h4-9,11,20H,10H2,1H3,(H,19,21). The van der Waals surface area contributed by atoms with Crippen molar-refractivity contribution < 1.29 is 9.90 Å². The number of rotatable bonds is 2. The Morgan fingerprint density at radius 1 is 1.24 bits per heavy atom. The third-order valence-electron chi connectivity index (χ3n) is 2.84. The summed E-state index contributed by atoms with van der Waals surface area (Å²) in [6.07, 6.45) is 0. The van der Waals surface area contributed by atoms with E-state index in [4.69, 9.17) is 16.7 Å². The average molecular weight is 300 g/mol. The SMILES string of the molecule is Cc1ccc(NC(=O)c2ccc(C#CCO)c(Cl)c2)cc1. The van der Waals surface area contributed by atoms with Gasteiger partial charge in [-0.05, 0) is 37.3 Å². The lowest BCUT2D eigenvalue weighted by Gasteiger charge is -2.06. The summed E-state index contributed by atoms with van der Waals surface area (Å²) < 4.78 is 0. The number of aliphatic hydroxyl groups is 1. The van der Waals surface area contributed by atoms with E-state index in [9.17, 15) is 4.79 Å². The van der Waals surface area contributed by atoms with Gasteiger partial charge in [0.1, 0.15) is 6.61 Å². The van der Waals surface area contributed by atoms with Gasteiger partial charge in [0.15, 0.2) is 0 Å². The molecule has 2 rings (SSSR count). The van der Waals surface area contributed by atoms with Crippen LogP contribution in [0.25, 0.3) is 0 Å². The van der Waals surface area contributed by atoms with Gasteiger partial charge in [-0.2, -0.15) is 0 Å². The predicted molar refractivity (Wildman–Crippen MR) is 84.5 cm³/mol. The molecular weight excluding hydrogens is 286 g/mol. The highest BCUT2D eigenvalue weighted by atomic mass is 35.5. The van der Waals surface area contributed by atoms with Crippen LogP contribution < -0.4 is 5.32 Å². The normalized spacial score (nSPS) is 9.67. The molecule has 0 atom stereocenters. The first-order valence-electron chi connectivity index (χ1n) is 6.37. The molecule has 106 valence electrons. The number of halogens is 1. The molecule has 0 aliphatic carbocycles. The largest absolute Gasteiger partial charge is 0.384 e. The molecule has 0 aromatic heterocycles. The summed E-state index contributed by atoms with van der Waals surface area (Å²) in [6.45, 7) is 1.75. The summed E-state index contributed by atoms with van der Waals surface area (Å²) in [5, 5.41) is 11.8. The lowest BCUT2D eigenvalue weighted by molar-refractivity contribution is 0.102. The molecule has 2 aromatic carbocycles. The van der Waals surface area contributed by atoms with Gasteiger partial charge in [-0.15, -0.1) is 0 Å². The molecule has 21 heavy (non-hydrogen) atoms. The topological polar surface area (TPSA) is 49.3 Å². The fraction of sp³-hybridized carbons (Fsp3) is 0.118. The Morgan fingerprint density at radius 3 is 2.57 bits per heavy atom. The minimum Gasteiger partial charge on any atom is -0.384 e. The van der Waals surface area contributed by atoms with Gasteiger partial charge in [0.25, 0.3) is 5.91 Å². The van der Waals surface area contributed by atoms with E-state index in [-0.39, 0.29) is 12.5 Å². The summed E-state index contributed by atoms with van der Waals surface area (Å²) in [5.74, 6) is 5.01. The van der Waals surface area contributed by atoms with E-state index < -0.39 is 0 Å². The fourth-order valence-corrected chi connectivity index (χ4v) is 1.96. The fourth-order valence-electron chi connectivity index (χ4n) is 1.73. The van der Waals surface area contributed by atoms with Crippen molar-refractivity contribution >= 4 is 23.2 Å². The summed E-state index contributed by atoms with van der Waals surface area (Å²) in [7, 11) is 0. The van der Waals surface area contributed by atoms with Gasteiger partial charge in [-0.1, -0.05) is 41.1 Å². The Balaban J connectivity index is 2.16. The number of hydrogen-bond acceptors (Lipinski definition) is 2. The van der Waals surface area contributed by atoms with E-state index in [1.54, 1.807) is 18.2 Å². The number of aliphatic hydroxyl groups excluding tert-OH is 1. The van der Waals surface area contributed by atoms with Gasteiger partial charge in [-0.25, -0.2) is 0 Å². The van der Waals surface area contributed by atoms with Crippen molar-refractivity contribution in [2.45, 2.75) is 6.92 Å². The van der Waals surface area contributed by atoms with E-state index in [2.05, 4.69) is 17.2 Å². The van der Waals surface area contributed by atoms with Crippen molar-refractivity contribution in [2.24, 2.45) is 0 Å². The van der Waals surface area contributed by atoms with Gasteiger partial charge >= 0.3 is 0 Å². The van der Waals surface area contributed by atoms with E-state index in [1.165, 1.54) is 0 Å². The Bertz CT molecular complexity index is 712. The van der Waals surface area contributed by atoms with Gasteiger partial charge < -0.3 is 10.4 Å². The van der Waals surface area contributed by atoms with Crippen LogP contribution in [0, 0.1) is 18.8 Å². The number of benzene rings is 2. The summed E-state index contributed by atoms with van der Waals surface area (Å²) in [4.78, 5) is 12.1. The number of hydrogen-bond donors (Lipinski definition) is 2. The second-order valence-electron chi connectivity index (χ2n) is 4.47. The number of amides is 1. The van der Waals surface area contributed by atoms with Crippen LogP contribution in [0.1, 0.15) is 21.5 Å². The number of nitrogens with one attached hydrogen (secondary N) is 1. The molecule has 3 nitrogen and oxygen atoms in total. The molecule has 0 aliphatic heterocycles. The van der Waals surface area contributed by atoms with Crippen molar-refractivity contribution in [1.29, 1.82) is 0 Å². The highest BCUT2D eigenvalue weighted by Crippen LogP contribution is 2.18. The summed E-state index contributed by atoms with van der Waals surface area (Å²) in [5.41, 5.74) is 2.89. The zero-order valence-electron chi connectivity index (χ0n) is 11.5. The van der Waals surface area contributed by atoms with Gasteiger partial charge in [-0.3, -0.25) is 4.79 Å². The molecule has 0 unspecified atom stereocenters. The van der Waals surface area contributed by atoms with Crippen LogP contribution in [0.3, 0.4) is 0 Å². The predicted octanol–water partition coefficient (Wildman–Crippen LogP) is 3.24. The van der Waals surface area contributed by atoms with E-state index >= 15 is 0 Å². The van der Waals surface area contributed by atoms with E-state index in [1.807, 2.05) is 31.2 Å². The molecule has 4 heteroatoms. The molecule has 2 aromatic rings. The second-order valence-corrected chi connectivity index (χ2v) is 4.88. The molecule has 0 radical (unpaired) electrons. The molecule has 0 bridgehead atoms. The second kappa shape index (κ2) is 6.94. The Hall–Kier alpha value is -2.28. The maximum atomic E-state index is 12.1. The van der Waals surface area contributed by atoms with Crippen LogP contribution in [0.4, 0.5) is 5.69 Å². The molecule has 0 aliphatic rings. The van der Waals surface area contributed by atoms with Crippen LogP contribution in [-0.2, 0) is 0 Å². The molecule has 0 fully saturated rings. The Morgan fingerprint density at radius 2 is 1.95 bits per heavy atom. The summed E-state index contributed by atoms with van der Waals surface area (Å²) in [6, 6.07) is 12.4. The first-order valence-corrected chi connectivity index (χ1v) is 6.75. The molecular formula is C17H14ClNO2. The molecule has 2 N–H and O–H groups in total. The van der Waals surface area contributed by atoms with Crippen LogP contribution >= 0.6 is 11.6 Å². The highest BCUT2D eigenvalue weighted by Gasteiger charge is 2.08. The lowest BCUT2D eigenvalue weighted by atomic mass is 10.1. The van der Waals surface area contributed by atoms with Crippen LogP contribution in [0.15, 0.2) is 42.5 Å². The minimum atomic E-state index is -0.234. The molecule has 0 spiro atoms. The Kier molecular flexibility index (Phi) is 4.99. The molecule has 0 saturated carbocycles. The third kappa shape index (κ3) is 4.09. The van der Waals surface area contributed by atoms with Crippen LogP contribution in [0.5, 0.6) is 0 Å². The highest BCUT2D eigenvalue weighted by molar-refractivity contribution is 6.32. The Labute approximate surface area is 128 Å². The van der Waals surface area contributed by atoms with Crippen molar-refractivity contribution in [3.05, 3.63) is 64.2 Å². The lowest BCUT2D eigenvalue weighted by Crippen LogP contribution is -2.11. The smallest absolute Gasteiger partial charge is 0.255 e. The van der Waals surface area contributed by atoms with Crippen LogP contribution in [0.2, 0.25) is 5.02 Å². The molecule has 0 heterocycles. The first kappa shape index (κ1) is 15.1. The zero-order valence-corrected chi connectivity index (χ0v) is 12.2. The van der Waals surface area contributed by atoms with Crippen molar-refractivity contribution in [2.75, 3.05) is 11.9 Å². The van der Waals surface area contributed by atoms with E-state index in [0.29, 0.717) is 16.1 Å². The zero-order chi connectivity index (χ0) is 15.2. The monoisotopic (exact) mass is 299 g/mol. The molecule has 0 saturated heterocycles. The van der Waals surface area contributed by atoms with Gasteiger partial charge in [0.05, 0.1) is 5.02 Å². The average Bonchev–Trinajstić information content (AvgIpc) is 2.48. The first-order chi connectivity index (χ1) is 10.1. The number of aryl methyl sites for hydroxylation is 1. The maximum Gasteiger partial charge on any atom is 0.255 e. The van der Waals surface area contributed by atoms with E-state index in [0.717, 1.165) is 11.3 Å². The summed E-state index contributed by atoms with van der Waals surface area (Å²) >= 11 is 6.07.